The Balaban J connectivity index is 2.09. The van der Waals surface area contributed by atoms with Gasteiger partial charge in [-0.05, 0) is 30.3 Å². The summed E-state index contributed by atoms with van der Waals surface area (Å²) in [4.78, 5) is 0. The van der Waals surface area contributed by atoms with Gasteiger partial charge in [-0.25, -0.2) is 0 Å². The van der Waals surface area contributed by atoms with Gasteiger partial charge in [0.1, 0.15) is 17.6 Å². The van der Waals surface area contributed by atoms with Crippen LogP contribution in [0.1, 0.15) is 17.2 Å². The van der Waals surface area contributed by atoms with Crippen molar-refractivity contribution in [3.63, 3.8) is 0 Å². The molecule has 3 rings (SSSR count). The first kappa shape index (κ1) is 15.9. The maximum Gasteiger partial charge on any atom is 0.207 e. The summed E-state index contributed by atoms with van der Waals surface area (Å²) >= 11 is 0. The lowest BCUT2D eigenvalue weighted by Gasteiger charge is -2.25. The highest BCUT2D eigenvalue weighted by atomic mass is 16.5. The van der Waals surface area contributed by atoms with Crippen LogP contribution >= 0.6 is 0 Å². The van der Waals surface area contributed by atoms with Crippen LogP contribution < -0.4 is 18.9 Å². The first-order chi connectivity index (χ1) is 11.6. The molecule has 0 amide bonds. The van der Waals surface area contributed by atoms with Gasteiger partial charge < -0.3 is 29.2 Å². The topological polar surface area (TPSA) is 77.4 Å². The highest BCUT2D eigenvalue weighted by Crippen LogP contribution is 2.49. The van der Waals surface area contributed by atoms with Gasteiger partial charge in [-0.3, -0.25) is 0 Å². The van der Waals surface area contributed by atoms with E-state index in [-0.39, 0.29) is 23.0 Å². The standard InChI is InChI=1S/C18H18O6/c1-21-15-9-12(17(22-2)18(23-3)16(15)20)14-6-4-10-8-11(19)5-7-13(10)24-14/h4-9,14,19-20H,1-3H3. The van der Waals surface area contributed by atoms with Crippen molar-refractivity contribution in [1.29, 1.82) is 0 Å². The number of aromatic hydroxyl groups is 2. The molecule has 0 spiro atoms. The Bertz CT molecular complexity index is 797. The molecule has 2 N–H and O–H groups in total. The molecule has 0 aliphatic carbocycles. The molecule has 1 atom stereocenters. The minimum atomic E-state index is -0.458. The van der Waals surface area contributed by atoms with E-state index < -0.39 is 6.10 Å². The molecule has 0 radical (unpaired) electrons. The average molecular weight is 330 g/mol. The fourth-order valence-electron chi connectivity index (χ4n) is 2.70. The summed E-state index contributed by atoms with van der Waals surface area (Å²) in [5, 5.41) is 19.7. The van der Waals surface area contributed by atoms with Gasteiger partial charge in [0.2, 0.25) is 11.5 Å². The second kappa shape index (κ2) is 6.23. The summed E-state index contributed by atoms with van der Waals surface area (Å²) in [6.07, 6.45) is 3.23. The normalized spacial score (nSPS) is 15.4. The third-order valence-electron chi connectivity index (χ3n) is 3.84. The lowest BCUT2D eigenvalue weighted by atomic mass is 10.0. The number of hydrogen-bond donors (Lipinski definition) is 2. The van der Waals surface area contributed by atoms with Crippen molar-refractivity contribution in [1.82, 2.24) is 0 Å². The Morgan fingerprint density at radius 2 is 1.71 bits per heavy atom. The maximum atomic E-state index is 10.2. The van der Waals surface area contributed by atoms with Gasteiger partial charge in [-0.2, -0.15) is 0 Å². The largest absolute Gasteiger partial charge is 0.508 e. The molecule has 1 unspecified atom stereocenters. The third-order valence-corrected chi connectivity index (χ3v) is 3.84. The summed E-state index contributed by atoms with van der Waals surface area (Å²) in [5.41, 5.74) is 1.43. The number of phenolic OH excluding ortho intramolecular Hbond substituents is 2. The van der Waals surface area contributed by atoms with Crippen molar-refractivity contribution in [2.75, 3.05) is 21.3 Å². The Morgan fingerprint density at radius 3 is 2.38 bits per heavy atom. The molecule has 1 heterocycles. The Hall–Kier alpha value is -3.02. The van der Waals surface area contributed by atoms with Gasteiger partial charge in [-0.1, -0.05) is 6.08 Å². The minimum Gasteiger partial charge on any atom is -0.508 e. The quantitative estimate of drug-likeness (QED) is 0.896. The molecule has 126 valence electrons. The average Bonchev–Trinajstić information content (AvgIpc) is 2.60. The summed E-state index contributed by atoms with van der Waals surface area (Å²) in [7, 11) is 4.39. The van der Waals surface area contributed by atoms with Crippen molar-refractivity contribution in [2.24, 2.45) is 0 Å². The zero-order valence-corrected chi connectivity index (χ0v) is 13.6. The van der Waals surface area contributed by atoms with Crippen molar-refractivity contribution in [2.45, 2.75) is 6.10 Å². The second-order valence-electron chi connectivity index (χ2n) is 5.20. The van der Waals surface area contributed by atoms with Crippen molar-refractivity contribution in [3.05, 3.63) is 41.5 Å². The SMILES string of the molecule is COc1cc(C2C=Cc3cc(O)ccc3O2)c(OC)c(OC)c1O. The fourth-order valence-corrected chi connectivity index (χ4v) is 2.70. The number of phenols is 2. The van der Waals surface area contributed by atoms with Gasteiger partial charge >= 0.3 is 0 Å². The first-order valence-corrected chi connectivity index (χ1v) is 7.28. The summed E-state index contributed by atoms with van der Waals surface area (Å²) in [5.74, 6) is 1.48. The lowest BCUT2D eigenvalue weighted by molar-refractivity contribution is 0.239. The van der Waals surface area contributed by atoms with Crippen LogP contribution in [-0.2, 0) is 0 Å². The van der Waals surface area contributed by atoms with Crippen LogP contribution in [-0.4, -0.2) is 31.5 Å². The summed E-state index contributed by atoms with van der Waals surface area (Å²) < 4.78 is 21.9. The van der Waals surface area contributed by atoms with Crippen molar-refractivity contribution >= 4 is 6.08 Å². The third kappa shape index (κ3) is 2.56. The highest BCUT2D eigenvalue weighted by Gasteiger charge is 2.27. The Labute approximate surface area is 139 Å². The molecule has 1 aliphatic rings. The summed E-state index contributed by atoms with van der Waals surface area (Å²) in [6, 6.07) is 6.53. The molecule has 2 aromatic rings. The zero-order valence-electron chi connectivity index (χ0n) is 13.6. The molecular weight excluding hydrogens is 312 g/mol. The highest BCUT2D eigenvalue weighted by molar-refractivity contribution is 5.66. The lowest BCUT2D eigenvalue weighted by Crippen LogP contribution is -2.11. The molecule has 24 heavy (non-hydrogen) atoms. The van der Waals surface area contributed by atoms with E-state index in [4.69, 9.17) is 18.9 Å². The number of methoxy groups -OCH3 is 3. The molecule has 0 saturated carbocycles. The second-order valence-corrected chi connectivity index (χ2v) is 5.20. The Kier molecular flexibility index (Phi) is 4.12. The first-order valence-electron chi connectivity index (χ1n) is 7.28. The van der Waals surface area contributed by atoms with Crippen LogP contribution in [0.15, 0.2) is 30.3 Å². The van der Waals surface area contributed by atoms with Crippen LogP contribution in [0.2, 0.25) is 0 Å². The van der Waals surface area contributed by atoms with Gasteiger partial charge in [0, 0.05) is 11.1 Å². The van der Waals surface area contributed by atoms with Crippen molar-refractivity contribution < 1.29 is 29.2 Å². The number of rotatable bonds is 4. The van der Waals surface area contributed by atoms with Gasteiger partial charge in [0.15, 0.2) is 11.5 Å². The monoisotopic (exact) mass is 330 g/mol. The minimum absolute atomic E-state index is 0.134. The van der Waals surface area contributed by atoms with E-state index >= 15 is 0 Å². The van der Waals surface area contributed by atoms with Crippen LogP contribution in [0.5, 0.6) is 34.5 Å². The maximum absolute atomic E-state index is 10.2. The predicted molar refractivity (Wildman–Crippen MR) is 88.3 cm³/mol. The van der Waals surface area contributed by atoms with Crippen molar-refractivity contribution in [3.8, 4) is 34.5 Å². The summed E-state index contributed by atoms with van der Waals surface area (Å²) in [6.45, 7) is 0. The predicted octanol–water partition coefficient (Wildman–Crippen LogP) is 3.27. The number of benzene rings is 2. The van der Waals surface area contributed by atoms with Gasteiger partial charge in [0.05, 0.1) is 21.3 Å². The molecule has 0 fully saturated rings. The van der Waals surface area contributed by atoms with E-state index in [1.807, 2.05) is 12.2 Å². The van der Waals surface area contributed by atoms with Crippen LogP contribution in [0.25, 0.3) is 6.08 Å². The van der Waals surface area contributed by atoms with E-state index in [1.165, 1.54) is 21.3 Å². The van der Waals surface area contributed by atoms with E-state index in [2.05, 4.69) is 0 Å². The molecule has 0 saturated heterocycles. The fraction of sp³-hybridized carbons (Fsp3) is 0.222. The van der Waals surface area contributed by atoms with Gasteiger partial charge in [-0.15, -0.1) is 0 Å². The van der Waals surface area contributed by atoms with E-state index in [9.17, 15) is 10.2 Å². The number of fused-ring (bicyclic) bond motifs is 1. The number of hydrogen-bond acceptors (Lipinski definition) is 6. The Morgan fingerprint density at radius 1 is 0.958 bits per heavy atom. The molecule has 0 bridgehead atoms. The molecule has 6 nitrogen and oxygen atoms in total. The smallest absolute Gasteiger partial charge is 0.207 e. The van der Waals surface area contributed by atoms with Crippen LogP contribution in [0.3, 0.4) is 0 Å². The molecule has 6 heteroatoms. The van der Waals surface area contributed by atoms with E-state index in [0.29, 0.717) is 17.1 Å². The molecule has 1 aliphatic heterocycles. The van der Waals surface area contributed by atoms with Gasteiger partial charge in [0.25, 0.3) is 0 Å². The van der Waals surface area contributed by atoms with Crippen LogP contribution in [0, 0.1) is 0 Å². The number of ether oxygens (including phenoxy) is 4. The molecule has 0 aromatic heterocycles. The zero-order chi connectivity index (χ0) is 17.3. The molecule has 2 aromatic carbocycles. The molecular formula is C18H18O6. The van der Waals surface area contributed by atoms with E-state index in [0.717, 1.165) is 5.56 Å². The van der Waals surface area contributed by atoms with E-state index in [1.54, 1.807) is 24.3 Å². The van der Waals surface area contributed by atoms with Crippen LogP contribution in [0.4, 0.5) is 0 Å².